The van der Waals surface area contributed by atoms with E-state index in [0.29, 0.717) is 19.1 Å². The third-order valence-corrected chi connectivity index (χ3v) is 10.1. The summed E-state index contributed by atoms with van der Waals surface area (Å²) in [6, 6.07) is 0. The number of carbonyl (C=O) groups is 1. The van der Waals surface area contributed by atoms with Crippen LogP contribution in [0.4, 0.5) is 4.39 Å². The predicted octanol–water partition coefficient (Wildman–Crippen LogP) is 5.31. The molecule has 1 aliphatic carbocycles. The second kappa shape index (κ2) is 12.7. The molecule has 0 amide bonds. The number of hydrogen-bond donors (Lipinski definition) is 0. The Bertz CT molecular complexity index is 1110. The molecule has 0 N–H and O–H groups in total. The summed E-state index contributed by atoms with van der Waals surface area (Å²) in [4.78, 5) is 20.4. The molecule has 1 unspecified atom stereocenters. The van der Waals surface area contributed by atoms with E-state index >= 15 is 0 Å². The van der Waals surface area contributed by atoms with Crippen LogP contribution < -0.4 is 0 Å². The van der Waals surface area contributed by atoms with Crippen LogP contribution in [0.25, 0.3) is 0 Å². The Labute approximate surface area is 251 Å². The molecule has 0 aromatic carbocycles. The van der Waals surface area contributed by atoms with Gasteiger partial charge in [0, 0.05) is 38.9 Å². The second-order valence-corrected chi connectivity index (χ2v) is 14.2. The van der Waals surface area contributed by atoms with Crippen molar-refractivity contribution in [2.45, 2.75) is 122 Å². The van der Waals surface area contributed by atoms with E-state index in [1.54, 1.807) is 14.0 Å². The van der Waals surface area contributed by atoms with Crippen molar-refractivity contribution in [3.05, 3.63) is 29.9 Å². The highest BCUT2D eigenvalue weighted by molar-refractivity contribution is 5.70. The molecule has 42 heavy (non-hydrogen) atoms. The van der Waals surface area contributed by atoms with Crippen molar-refractivity contribution in [2.24, 2.45) is 17.8 Å². The van der Waals surface area contributed by atoms with E-state index in [0.717, 1.165) is 51.0 Å². The first kappa shape index (κ1) is 31.6. The van der Waals surface area contributed by atoms with E-state index in [-0.39, 0.29) is 59.7 Å². The minimum absolute atomic E-state index is 0.00772. The molecule has 4 heterocycles. The molecule has 5 rings (SSSR count). The fourth-order valence-corrected chi connectivity index (χ4v) is 7.70. The molecule has 3 saturated heterocycles. The Morgan fingerprint density at radius 2 is 2.05 bits per heavy atom. The van der Waals surface area contributed by atoms with Crippen molar-refractivity contribution < 1.29 is 28.1 Å². The molecule has 4 aliphatic rings. The number of nitrogens with zero attached hydrogens (tertiary/aromatic N) is 3. The van der Waals surface area contributed by atoms with Gasteiger partial charge in [-0.3, -0.25) is 4.79 Å². The fourth-order valence-electron chi connectivity index (χ4n) is 7.70. The Balaban J connectivity index is 1.20. The molecular formula is C33H52FN3O5. The number of alkyl halides is 1. The highest BCUT2D eigenvalue weighted by atomic mass is 19.1. The second-order valence-electron chi connectivity index (χ2n) is 14.2. The van der Waals surface area contributed by atoms with Crippen LogP contribution in [-0.4, -0.2) is 89.5 Å². The van der Waals surface area contributed by atoms with Gasteiger partial charge in [0.25, 0.3) is 0 Å². The van der Waals surface area contributed by atoms with Crippen LogP contribution in [0.15, 0.2) is 24.2 Å². The molecule has 0 bridgehead atoms. The van der Waals surface area contributed by atoms with Gasteiger partial charge in [-0.2, -0.15) is 0 Å². The maximum atomic E-state index is 13.4. The number of esters is 1. The molecule has 1 aromatic rings. The first-order chi connectivity index (χ1) is 19.9. The lowest BCUT2D eigenvalue weighted by molar-refractivity contribution is -0.172. The van der Waals surface area contributed by atoms with Crippen molar-refractivity contribution >= 4 is 5.97 Å². The third-order valence-electron chi connectivity index (χ3n) is 10.1. The van der Waals surface area contributed by atoms with Crippen molar-refractivity contribution in [3.63, 3.8) is 0 Å². The lowest BCUT2D eigenvalue weighted by atomic mass is 9.68. The molecule has 236 valence electrons. The summed E-state index contributed by atoms with van der Waals surface area (Å²) in [5, 5.41) is 0. The normalized spacial score (nSPS) is 35.8. The summed E-state index contributed by atoms with van der Waals surface area (Å²) in [7, 11) is 1.71. The average molecular weight is 590 g/mol. The van der Waals surface area contributed by atoms with Crippen molar-refractivity contribution in [2.75, 3.05) is 33.4 Å². The minimum atomic E-state index is -0.799. The van der Waals surface area contributed by atoms with Gasteiger partial charge in [0.1, 0.15) is 29.6 Å². The highest BCUT2D eigenvalue weighted by Crippen LogP contribution is 2.59. The fraction of sp³-hybridized carbons (Fsp3) is 0.818. The van der Waals surface area contributed by atoms with Gasteiger partial charge in [-0.15, -0.1) is 0 Å². The zero-order valence-corrected chi connectivity index (χ0v) is 26.7. The maximum absolute atomic E-state index is 13.4. The van der Waals surface area contributed by atoms with Gasteiger partial charge in [-0.25, -0.2) is 9.37 Å². The van der Waals surface area contributed by atoms with Gasteiger partial charge < -0.3 is 28.4 Å². The summed E-state index contributed by atoms with van der Waals surface area (Å²) < 4.78 is 40.2. The van der Waals surface area contributed by atoms with Crippen LogP contribution in [0.3, 0.4) is 0 Å². The molecule has 1 aromatic heterocycles. The molecular weight excluding hydrogens is 537 g/mol. The monoisotopic (exact) mass is 589 g/mol. The summed E-state index contributed by atoms with van der Waals surface area (Å²) in [5.74, 6) is 0.465. The number of aromatic nitrogens is 2. The molecule has 0 radical (unpaired) electrons. The number of ether oxygens (including phenoxy) is 4. The number of likely N-dealkylation sites (tertiary alicyclic amines) is 1. The molecule has 9 atom stereocenters. The summed E-state index contributed by atoms with van der Waals surface area (Å²) in [6.45, 7) is 16.2. The molecule has 1 spiro atoms. The number of halogens is 1. The van der Waals surface area contributed by atoms with Gasteiger partial charge in [0.2, 0.25) is 0 Å². The zero-order valence-electron chi connectivity index (χ0n) is 26.7. The van der Waals surface area contributed by atoms with Crippen LogP contribution >= 0.6 is 0 Å². The SMILES string of the molecule is CO[C@@H]1[C@H](OC(=O)C[C@H](c2cn(C[C@@H]3CCN(CC(C)F)C3)cn2)C(C)C)CC[C@]2(CO2)[C@H]1[C@@]1(C)O[C@@H]1CC=C(C)C. The number of rotatable bonds is 13. The van der Waals surface area contributed by atoms with Crippen molar-refractivity contribution in [1.82, 2.24) is 14.5 Å². The largest absolute Gasteiger partial charge is 0.460 e. The quantitative estimate of drug-likeness (QED) is 0.175. The lowest BCUT2D eigenvalue weighted by Crippen LogP contribution is -2.55. The molecule has 8 nitrogen and oxygen atoms in total. The highest BCUT2D eigenvalue weighted by Gasteiger charge is 2.72. The number of hydrogen-bond acceptors (Lipinski definition) is 7. The molecule has 3 aliphatic heterocycles. The zero-order chi connectivity index (χ0) is 30.2. The van der Waals surface area contributed by atoms with Crippen LogP contribution in [0, 0.1) is 17.8 Å². The van der Waals surface area contributed by atoms with Gasteiger partial charge in [-0.1, -0.05) is 25.5 Å². The van der Waals surface area contributed by atoms with E-state index < -0.39 is 6.17 Å². The number of allylic oxidation sites excluding steroid dienone is 1. The van der Waals surface area contributed by atoms with Crippen LogP contribution in [0.1, 0.15) is 85.3 Å². The predicted molar refractivity (Wildman–Crippen MR) is 159 cm³/mol. The Morgan fingerprint density at radius 3 is 2.69 bits per heavy atom. The van der Waals surface area contributed by atoms with Crippen molar-refractivity contribution in [3.8, 4) is 0 Å². The molecule has 4 fully saturated rings. The number of carbonyl (C=O) groups excluding carboxylic acids is 1. The summed E-state index contributed by atoms with van der Waals surface area (Å²) >= 11 is 0. The van der Waals surface area contributed by atoms with Gasteiger partial charge in [0.05, 0.1) is 37.1 Å². The summed E-state index contributed by atoms with van der Waals surface area (Å²) in [6.07, 6.45) is 8.64. The minimum Gasteiger partial charge on any atom is -0.460 e. The number of methoxy groups -OCH3 is 1. The van der Waals surface area contributed by atoms with Crippen LogP contribution in [0.5, 0.6) is 0 Å². The van der Waals surface area contributed by atoms with Gasteiger partial charge >= 0.3 is 5.97 Å². The Kier molecular flexibility index (Phi) is 9.53. The van der Waals surface area contributed by atoms with Crippen molar-refractivity contribution in [1.29, 1.82) is 0 Å². The van der Waals surface area contributed by atoms with E-state index in [4.69, 9.17) is 23.9 Å². The summed E-state index contributed by atoms with van der Waals surface area (Å²) in [5.41, 5.74) is 1.60. The van der Waals surface area contributed by atoms with Crippen LogP contribution in [-0.2, 0) is 30.3 Å². The van der Waals surface area contributed by atoms with Gasteiger partial charge in [0.15, 0.2) is 0 Å². The first-order valence-corrected chi connectivity index (χ1v) is 16.0. The standard InChI is InChI=1S/C33H52FN3O5/c1-21(2)8-9-28-32(6,42-28)31-30(39-7)27(10-12-33(31)19-40-33)41-29(38)14-25(22(3)4)26-18-37(20-35-26)17-24-11-13-36(16-24)15-23(5)34/h8,18,20,22-25,27-28,30-31H,9-17,19H2,1-7H3/t23?,24-,25+,27-,28-,30-,31-,32+,33+/m1/s1. The number of imidazole rings is 1. The lowest BCUT2D eigenvalue weighted by Gasteiger charge is -2.42. The molecule has 1 saturated carbocycles. The van der Waals surface area contributed by atoms with Crippen LogP contribution in [0.2, 0.25) is 0 Å². The third kappa shape index (κ3) is 6.95. The van der Waals surface area contributed by atoms with Gasteiger partial charge in [-0.05, 0) is 71.8 Å². The van der Waals surface area contributed by atoms with E-state index in [9.17, 15) is 9.18 Å². The smallest absolute Gasteiger partial charge is 0.306 e. The average Bonchev–Trinajstić information content (AvgIpc) is 3.69. The van der Waals surface area contributed by atoms with E-state index in [1.165, 1.54) is 5.57 Å². The Morgan fingerprint density at radius 1 is 1.29 bits per heavy atom. The van der Waals surface area contributed by atoms with E-state index in [2.05, 4.69) is 56.4 Å². The number of epoxide rings is 2. The maximum Gasteiger partial charge on any atom is 0.306 e. The molecule has 9 heteroatoms. The van der Waals surface area contributed by atoms with E-state index in [1.807, 2.05) is 6.33 Å². The first-order valence-electron chi connectivity index (χ1n) is 16.0. The Hall–Kier alpha value is -1.81. The topological polar surface area (TPSA) is 81.7 Å².